The Morgan fingerprint density at radius 3 is 2.70 bits per heavy atom. The summed E-state index contributed by atoms with van der Waals surface area (Å²) in [5.41, 5.74) is 0.927. The van der Waals surface area contributed by atoms with Crippen molar-refractivity contribution in [3.63, 3.8) is 0 Å². The second-order valence-electron chi connectivity index (χ2n) is 6.59. The summed E-state index contributed by atoms with van der Waals surface area (Å²) in [7, 11) is 2.06. The van der Waals surface area contributed by atoms with Crippen molar-refractivity contribution in [3.8, 4) is 0 Å². The smallest absolute Gasteiger partial charge is 0.225 e. The molecule has 0 aliphatic carbocycles. The number of rotatable bonds is 4. The van der Waals surface area contributed by atoms with E-state index in [0.717, 1.165) is 56.9 Å². The van der Waals surface area contributed by atoms with Gasteiger partial charge in [0.15, 0.2) is 5.82 Å². The Kier molecular flexibility index (Phi) is 5.10. The van der Waals surface area contributed by atoms with Gasteiger partial charge in [0.05, 0.1) is 18.2 Å². The molecule has 0 N–H and O–H groups in total. The summed E-state index contributed by atoms with van der Waals surface area (Å²) >= 11 is 0. The average molecular weight is 318 g/mol. The number of hydrogen-bond donors (Lipinski definition) is 0. The van der Waals surface area contributed by atoms with Crippen LogP contribution in [0.5, 0.6) is 0 Å². The highest BCUT2D eigenvalue weighted by Crippen LogP contribution is 2.22. The van der Waals surface area contributed by atoms with Crippen LogP contribution in [-0.4, -0.2) is 59.9 Å². The first-order chi connectivity index (χ1) is 11.1. The zero-order chi connectivity index (χ0) is 16.2. The normalized spacial score (nSPS) is 22.3. The van der Waals surface area contributed by atoms with E-state index >= 15 is 0 Å². The second-order valence-corrected chi connectivity index (χ2v) is 6.59. The second kappa shape index (κ2) is 7.25. The van der Waals surface area contributed by atoms with Gasteiger partial charge in [0, 0.05) is 32.8 Å². The number of aromatic nitrogens is 2. The molecule has 2 saturated heterocycles. The van der Waals surface area contributed by atoms with Crippen molar-refractivity contribution in [2.24, 2.45) is 0 Å². The zero-order valence-electron chi connectivity index (χ0n) is 14.1. The van der Waals surface area contributed by atoms with Gasteiger partial charge in [-0.1, -0.05) is 0 Å². The zero-order valence-corrected chi connectivity index (χ0v) is 14.1. The van der Waals surface area contributed by atoms with Crippen molar-refractivity contribution < 1.29 is 9.53 Å². The van der Waals surface area contributed by atoms with E-state index in [9.17, 15) is 4.79 Å². The number of amides is 1. The lowest BCUT2D eigenvalue weighted by Gasteiger charge is -2.37. The Bertz CT molecular complexity index is 520. The Balaban J connectivity index is 1.49. The van der Waals surface area contributed by atoms with Crippen molar-refractivity contribution >= 4 is 11.7 Å². The summed E-state index contributed by atoms with van der Waals surface area (Å²) in [5, 5.41) is 8.38. The van der Waals surface area contributed by atoms with Crippen LogP contribution in [-0.2, 0) is 9.53 Å². The number of hydrogen-bond acceptors (Lipinski definition) is 5. The summed E-state index contributed by atoms with van der Waals surface area (Å²) in [6, 6.07) is 4.41. The van der Waals surface area contributed by atoms with Crippen LogP contribution in [0.4, 0.5) is 5.82 Å². The number of aryl methyl sites for hydroxylation is 1. The number of ether oxygens (including phenoxy) is 1. The molecule has 1 amide bonds. The molecular weight excluding hydrogens is 292 g/mol. The van der Waals surface area contributed by atoms with Gasteiger partial charge in [0.1, 0.15) is 0 Å². The number of likely N-dealkylation sites (tertiary alicyclic amines) is 1. The predicted molar refractivity (Wildman–Crippen MR) is 88.4 cm³/mol. The molecule has 1 aromatic rings. The highest BCUT2D eigenvalue weighted by atomic mass is 16.5. The highest BCUT2D eigenvalue weighted by Gasteiger charge is 2.28. The van der Waals surface area contributed by atoms with E-state index in [1.54, 1.807) is 0 Å². The Hall–Kier alpha value is -1.69. The number of piperidine rings is 1. The molecule has 6 nitrogen and oxygen atoms in total. The summed E-state index contributed by atoms with van der Waals surface area (Å²) < 4.78 is 5.57. The fourth-order valence-electron chi connectivity index (χ4n) is 3.40. The van der Waals surface area contributed by atoms with Gasteiger partial charge in [0.25, 0.3) is 0 Å². The lowest BCUT2D eigenvalue weighted by Crippen LogP contribution is -2.46. The molecule has 0 unspecified atom stereocenters. The van der Waals surface area contributed by atoms with Crippen LogP contribution in [0.3, 0.4) is 0 Å². The molecule has 2 aliphatic heterocycles. The molecule has 0 bridgehead atoms. The molecule has 0 saturated carbocycles. The van der Waals surface area contributed by atoms with Gasteiger partial charge in [-0.25, -0.2) is 0 Å². The predicted octanol–water partition coefficient (Wildman–Crippen LogP) is 1.78. The lowest BCUT2D eigenvalue weighted by molar-refractivity contribution is -0.134. The molecule has 3 heterocycles. The van der Waals surface area contributed by atoms with Crippen LogP contribution in [0, 0.1) is 6.92 Å². The molecule has 2 fully saturated rings. The Morgan fingerprint density at radius 2 is 2.09 bits per heavy atom. The van der Waals surface area contributed by atoms with Crippen molar-refractivity contribution in [1.82, 2.24) is 15.1 Å². The topological polar surface area (TPSA) is 58.6 Å². The molecule has 126 valence electrons. The standard InChI is InChI=1S/C17H26N4O2/c1-13-5-6-16(19-18-13)20(2)14-7-9-21(10-8-14)17(22)12-15-4-3-11-23-15/h5-6,14-15H,3-4,7-12H2,1-2H3/t15-/m1/s1. The maximum Gasteiger partial charge on any atom is 0.225 e. The third-order valence-electron chi connectivity index (χ3n) is 4.94. The number of carbonyl (C=O) groups is 1. The summed E-state index contributed by atoms with van der Waals surface area (Å²) in [4.78, 5) is 16.5. The maximum absolute atomic E-state index is 12.3. The van der Waals surface area contributed by atoms with E-state index in [-0.39, 0.29) is 12.0 Å². The van der Waals surface area contributed by atoms with Gasteiger partial charge in [0.2, 0.25) is 5.91 Å². The van der Waals surface area contributed by atoms with Crippen molar-refractivity contribution in [3.05, 3.63) is 17.8 Å². The number of carbonyl (C=O) groups excluding carboxylic acids is 1. The molecule has 0 aromatic carbocycles. The molecule has 1 atom stereocenters. The fraction of sp³-hybridized carbons (Fsp3) is 0.706. The van der Waals surface area contributed by atoms with Crippen LogP contribution in [0.1, 0.15) is 37.8 Å². The molecular formula is C17H26N4O2. The first-order valence-corrected chi connectivity index (χ1v) is 8.56. The van der Waals surface area contributed by atoms with Gasteiger partial charge < -0.3 is 14.5 Å². The largest absolute Gasteiger partial charge is 0.378 e. The monoisotopic (exact) mass is 318 g/mol. The third-order valence-corrected chi connectivity index (χ3v) is 4.94. The molecule has 2 aliphatic rings. The van der Waals surface area contributed by atoms with E-state index in [4.69, 9.17) is 4.74 Å². The molecule has 23 heavy (non-hydrogen) atoms. The van der Waals surface area contributed by atoms with Crippen molar-refractivity contribution in [2.45, 2.75) is 51.2 Å². The molecule has 6 heteroatoms. The average Bonchev–Trinajstić information content (AvgIpc) is 3.08. The van der Waals surface area contributed by atoms with Crippen LogP contribution in [0.15, 0.2) is 12.1 Å². The molecule has 0 spiro atoms. The van der Waals surface area contributed by atoms with Gasteiger partial charge in [-0.2, -0.15) is 5.10 Å². The fourth-order valence-corrected chi connectivity index (χ4v) is 3.40. The van der Waals surface area contributed by atoms with E-state index in [1.807, 2.05) is 24.0 Å². The summed E-state index contributed by atoms with van der Waals surface area (Å²) in [5.74, 6) is 1.15. The molecule has 1 aromatic heterocycles. The van der Waals surface area contributed by atoms with Crippen molar-refractivity contribution in [1.29, 1.82) is 0 Å². The Labute approximate surface area is 137 Å². The third kappa shape index (κ3) is 3.99. The minimum Gasteiger partial charge on any atom is -0.378 e. The van der Waals surface area contributed by atoms with E-state index < -0.39 is 0 Å². The SMILES string of the molecule is Cc1ccc(N(C)C2CCN(C(=O)C[C@H]3CCCO3)CC2)nn1. The van der Waals surface area contributed by atoms with Gasteiger partial charge >= 0.3 is 0 Å². The summed E-state index contributed by atoms with van der Waals surface area (Å²) in [6.45, 7) is 4.39. The quantitative estimate of drug-likeness (QED) is 0.847. The minimum atomic E-state index is 0.144. The van der Waals surface area contributed by atoms with Crippen LogP contribution >= 0.6 is 0 Å². The van der Waals surface area contributed by atoms with Crippen molar-refractivity contribution in [2.75, 3.05) is 31.6 Å². The van der Waals surface area contributed by atoms with Crippen LogP contribution in [0.25, 0.3) is 0 Å². The molecule has 0 radical (unpaired) electrons. The van der Waals surface area contributed by atoms with Gasteiger partial charge in [-0.3, -0.25) is 4.79 Å². The lowest BCUT2D eigenvalue weighted by atomic mass is 10.0. The summed E-state index contributed by atoms with van der Waals surface area (Å²) in [6.07, 6.45) is 4.75. The van der Waals surface area contributed by atoms with Gasteiger partial charge in [-0.05, 0) is 44.7 Å². The first kappa shape index (κ1) is 16.2. The Morgan fingerprint density at radius 1 is 1.30 bits per heavy atom. The van der Waals surface area contributed by atoms with E-state index in [1.165, 1.54) is 0 Å². The van der Waals surface area contributed by atoms with Crippen LogP contribution < -0.4 is 4.90 Å². The highest BCUT2D eigenvalue weighted by molar-refractivity contribution is 5.76. The van der Waals surface area contributed by atoms with Crippen LogP contribution in [0.2, 0.25) is 0 Å². The number of anilines is 1. The van der Waals surface area contributed by atoms with E-state index in [0.29, 0.717) is 12.5 Å². The van der Waals surface area contributed by atoms with Gasteiger partial charge in [-0.15, -0.1) is 5.10 Å². The van der Waals surface area contributed by atoms with E-state index in [2.05, 4.69) is 22.1 Å². The molecule has 3 rings (SSSR count). The minimum absolute atomic E-state index is 0.144. The number of nitrogens with zero attached hydrogens (tertiary/aromatic N) is 4. The maximum atomic E-state index is 12.3. The first-order valence-electron chi connectivity index (χ1n) is 8.56.